The zero-order valence-corrected chi connectivity index (χ0v) is 35.6. The quantitative estimate of drug-likeness (QED) is 0.0886. The summed E-state index contributed by atoms with van der Waals surface area (Å²) in [7, 11) is 0. The van der Waals surface area contributed by atoms with Gasteiger partial charge in [0.05, 0.1) is 41.0 Å². The number of rotatable bonds is 15. The number of pyridine rings is 2. The van der Waals surface area contributed by atoms with Crippen LogP contribution in [0.5, 0.6) is 0 Å². The van der Waals surface area contributed by atoms with Crippen LogP contribution in [-0.2, 0) is 50.2 Å². The van der Waals surface area contributed by atoms with E-state index in [-0.39, 0.29) is 43.4 Å². The number of nitrogens with zero attached hydrogens (tertiary/aromatic N) is 8. The Labute approximate surface area is 355 Å². The van der Waals surface area contributed by atoms with Gasteiger partial charge in [-0.1, -0.05) is 26.0 Å². The molecule has 2 fully saturated rings. The Morgan fingerprint density at radius 1 is 0.656 bits per heavy atom. The number of urea groups is 2. The number of piperidine rings is 2. The molecule has 0 unspecified atom stereocenters. The maximum absolute atomic E-state index is 13.6. The molecule has 0 spiro atoms. The van der Waals surface area contributed by atoms with Crippen LogP contribution in [0.3, 0.4) is 0 Å². The summed E-state index contributed by atoms with van der Waals surface area (Å²) in [5.41, 5.74) is 19.2. The second kappa shape index (κ2) is 18.9. The lowest BCUT2D eigenvalue weighted by Crippen LogP contribution is -2.44. The highest BCUT2D eigenvalue weighted by molar-refractivity contribution is 5.96. The Balaban J connectivity index is 1.01. The van der Waals surface area contributed by atoms with Gasteiger partial charge in [0, 0.05) is 92.5 Å². The number of aryl methyl sites for hydroxylation is 4. The first-order valence-electron chi connectivity index (χ1n) is 21.5. The van der Waals surface area contributed by atoms with E-state index in [2.05, 4.69) is 31.5 Å². The van der Waals surface area contributed by atoms with Crippen LogP contribution < -0.4 is 32.7 Å². The number of amides is 6. The number of primary amides is 2. The lowest BCUT2D eigenvalue weighted by Gasteiger charge is -2.32. The fourth-order valence-corrected chi connectivity index (χ4v) is 8.49. The number of benzene rings is 1. The summed E-state index contributed by atoms with van der Waals surface area (Å²) >= 11 is 0. The van der Waals surface area contributed by atoms with Gasteiger partial charge >= 0.3 is 12.1 Å². The fourth-order valence-electron chi connectivity index (χ4n) is 8.49. The summed E-state index contributed by atoms with van der Waals surface area (Å²) in [6, 6.07) is 6.49. The highest BCUT2D eigenvalue weighted by atomic mass is 16.2. The van der Waals surface area contributed by atoms with Crippen LogP contribution in [0, 0.1) is 0 Å². The average Bonchev–Trinajstić information content (AvgIpc) is 3.89. The van der Waals surface area contributed by atoms with Crippen LogP contribution in [-0.4, -0.2) is 101 Å². The van der Waals surface area contributed by atoms with E-state index in [1.165, 1.54) is 0 Å². The Morgan fingerprint density at radius 3 is 1.51 bits per heavy atom. The van der Waals surface area contributed by atoms with E-state index < -0.39 is 12.1 Å². The third-order valence-electron chi connectivity index (χ3n) is 12.0. The first kappa shape index (κ1) is 42.7. The van der Waals surface area contributed by atoms with E-state index in [1.54, 1.807) is 34.1 Å². The molecule has 4 aromatic heterocycles. The van der Waals surface area contributed by atoms with Crippen molar-refractivity contribution in [3.05, 3.63) is 70.3 Å². The second-order valence-corrected chi connectivity index (χ2v) is 15.7. The molecule has 0 radical (unpaired) electrons. The van der Waals surface area contributed by atoms with Gasteiger partial charge in [-0.2, -0.15) is 10.2 Å². The van der Waals surface area contributed by atoms with Crippen molar-refractivity contribution in [2.24, 2.45) is 11.5 Å². The Kier molecular flexibility index (Phi) is 13.2. The minimum absolute atomic E-state index is 0.105. The van der Waals surface area contributed by atoms with Gasteiger partial charge in [-0.15, -0.1) is 0 Å². The molecule has 18 nitrogen and oxygen atoms in total. The van der Waals surface area contributed by atoms with Crippen LogP contribution in [0.4, 0.5) is 21.0 Å². The number of aromatic nitrogens is 6. The lowest BCUT2D eigenvalue weighted by molar-refractivity contribution is -0.120. The first-order chi connectivity index (χ1) is 29.5. The number of nitrogens with one attached hydrogen (secondary N) is 4. The molecule has 324 valence electrons. The molecule has 0 aliphatic carbocycles. The standard InChI is InChI=1S/C43H58N14O4/c1-5-34-30(37(32-24-48-56(7-3)39(32)52-34)50-28-13-17-54(18-14-28)42(44)60)22-46-36(58)21-26-9-11-27(12-10-26)41(59)47-23-31-35(6-2)53-40-33(25-49-57(40)8-4)38(31)51-29-15-19-55(20-16-29)43(45)61/h9-12,24-25,28-29H,5-8,13-23H2,1-4H3,(H2,44,60)(H2,45,61)(H,46,58)(H,47,59)(H,50,52)(H,51,53). The third-order valence-corrected chi connectivity index (χ3v) is 12.0. The smallest absolute Gasteiger partial charge is 0.314 e. The number of hydrogen-bond donors (Lipinski definition) is 6. The van der Waals surface area contributed by atoms with Crippen LogP contribution in [0.1, 0.15) is 91.8 Å². The summed E-state index contributed by atoms with van der Waals surface area (Å²) < 4.78 is 3.74. The van der Waals surface area contributed by atoms with E-state index in [4.69, 9.17) is 21.4 Å². The van der Waals surface area contributed by atoms with E-state index in [9.17, 15) is 19.2 Å². The highest BCUT2D eigenvalue weighted by Crippen LogP contribution is 2.33. The van der Waals surface area contributed by atoms with Crippen molar-refractivity contribution in [3.63, 3.8) is 0 Å². The molecule has 1 aromatic carbocycles. The first-order valence-corrected chi connectivity index (χ1v) is 21.5. The van der Waals surface area contributed by atoms with Crippen molar-refractivity contribution in [3.8, 4) is 0 Å². The summed E-state index contributed by atoms with van der Waals surface area (Å²) in [6.07, 6.45) is 8.06. The van der Waals surface area contributed by atoms with Crippen molar-refractivity contribution in [1.82, 2.24) is 50.0 Å². The minimum atomic E-state index is -0.407. The number of likely N-dealkylation sites (tertiary alicyclic amines) is 2. The van der Waals surface area contributed by atoms with Crippen molar-refractivity contribution in [2.75, 3.05) is 36.8 Å². The number of fused-ring (bicyclic) bond motifs is 2. The molecule has 6 heterocycles. The largest absolute Gasteiger partial charge is 0.381 e. The van der Waals surface area contributed by atoms with Gasteiger partial charge in [0.25, 0.3) is 5.91 Å². The van der Waals surface area contributed by atoms with Gasteiger partial charge in [0.15, 0.2) is 11.3 Å². The predicted octanol–water partition coefficient (Wildman–Crippen LogP) is 4.04. The van der Waals surface area contributed by atoms with Gasteiger partial charge in [-0.25, -0.2) is 28.9 Å². The van der Waals surface area contributed by atoms with E-state index in [0.29, 0.717) is 57.7 Å². The number of carbonyl (C=O) groups excluding carboxylic acids is 4. The minimum Gasteiger partial charge on any atom is -0.381 e. The predicted molar refractivity (Wildman–Crippen MR) is 234 cm³/mol. The maximum atomic E-state index is 13.6. The Morgan fingerprint density at radius 2 is 1.10 bits per heavy atom. The molecule has 0 atom stereocenters. The van der Waals surface area contributed by atoms with Gasteiger partial charge in [0.2, 0.25) is 5.91 Å². The van der Waals surface area contributed by atoms with Gasteiger partial charge < -0.3 is 42.5 Å². The molecule has 61 heavy (non-hydrogen) atoms. The Hall–Kier alpha value is -6.46. The van der Waals surface area contributed by atoms with E-state index in [0.717, 1.165) is 87.2 Å². The SMILES string of the molecule is CCc1nc2c(cnn2CC)c(NC2CCN(C(N)=O)CC2)c1CNC(=O)Cc1ccc(C(=O)NCc2c(CC)nc3c(cnn3CC)c2NC2CCN(C(N)=O)CC2)cc1. The molecule has 6 amide bonds. The van der Waals surface area contributed by atoms with Crippen molar-refractivity contribution in [1.29, 1.82) is 0 Å². The maximum Gasteiger partial charge on any atom is 0.314 e. The topological polar surface area (TPSA) is 236 Å². The second-order valence-electron chi connectivity index (χ2n) is 15.7. The van der Waals surface area contributed by atoms with Crippen molar-refractivity contribution >= 4 is 57.3 Å². The molecule has 0 saturated carbocycles. The summed E-state index contributed by atoms with van der Waals surface area (Å²) in [6.45, 7) is 12.3. The monoisotopic (exact) mass is 834 g/mol. The molecular weight excluding hydrogens is 777 g/mol. The van der Waals surface area contributed by atoms with Crippen LogP contribution >= 0.6 is 0 Å². The van der Waals surface area contributed by atoms with Crippen LogP contribution in [0.15, 0.2) is 36.7 Å². The molecule has 2 aliphatic rings. The number of anilines is 2. The van der Waals surface area contributed by atoms with Gasteiger partial charge in [-0.3, -0.25) is 9.59 Å². The van der Waals surface area contributed by atoms with Crippen molar-refractivity contribution < 1.29 is 19.2 Å². The third kappa shape index (κ3) is 9.32. The van der Waals surface area contributed by atoms with Crippen LogP contribution in [0.25, 0.3) is 22.1 Å². The molecule has 18 heteroatoms. The normalized spacial score (nSPS) is 15.0. The molecular formula is C43H58N14O4. The van der Waals surface area contributed by atoms with Crippen molar-refractivity contribution in [2.45, 2.75) is 111 Å². The molecule has 2 saturated heterocycles. The summed E-state index contributed by atoms with van der Waals surface area (Å²) in [5.74, 6) is -0.407. The number of hydrogen-bond acceptors (Lipinski definition) is 10. The Bertz CT molecular complexity index is 2390. The summed E-state index contributed by atoms with van der Waals surface area (Å²) in [5, 5.41) is 24.6. The van der Waals surface area contributed by atoms with Gasteiger partial charge in [0.1, 0.15) is 0 Å². The average molecular weight is 835 g/mol. The highest BCUT2D eigenvalue weighted by Gasteiger charge is 2.27. The molecule has 7 rings (SSSR count). The zero-order chi connectivity index (χ0) is 43.2. The zero-order valence-electron chi connectivity index (χ0n) is 35.6. The lowest BCUT2D eigenvalue weighted by atomic mass is 10.0. The summed E-state index contributed by atoms with van der Waals surface area (Å²) in [4.78, 5) is 63.8. The van der Waals surface area contributed by atoms with Gasteiger partial charge in [-0.05, 0) is 70.1 Å². The number of nitrogens with two attached hydrogens (primary N) is 2. The molecule has 0 bridgehead atoms. The molecule has 8 N–H and O–H groups in total. The fraction of sp³-hybridized carbons (Fsp3) is 0.488. The van der Waals surface area contributed by atoms with Crippen LogP contribution in [0.2, 0.25) is 0 Å². The molecule has 5 aromatic rings. The van der Waals surface area contributed by atoms with E-state index in [1.807, 2.05) is 49.5 Å². The number of carbonyl (C=O) groups is 4. The van der Waals surface area contributed by atoms with E-state index >= 15 is 0 Å². The molecule has 2 aliphatic heterocycles.